The quantitative estimate of drug-likeness (QED) is 0.704. The molecule has 0 bridgehead atoms. The van der Waals surface area contributed by atoms with E-state index in [-0.39, 0.29) is 6.04 Å². The summed E-state index contributed by atoms with van der Waals surface area (Å²) in [4.78, 5) is 0. The van der Waals surface area contributed by atoms with Crippen molar-refractivity contribution < 1.29 is 4.74 Å². The van der Waals surface area contributed by atoms with Gasteiger partial charge in [-0.3, -0.25) is 0 Å². The molecule has 0 radical (unpaired) electrons. The maximum absolute atomic E-state index is 5.83. The van der Waals surface area contributed by atoms with Crippen molar-refractivity contribution in [1.29, 1.82) is 0 Å². The van der Waals surface area contributed by atoms with E-state index in [9.17, 15) is 0 Å². The zero-order valence-electron chi connectivity index (χ0n) is 15.2. The lowest BCUT2D eigenvalue weighted by Gasteiger charge is -2.24. The number of ether oxygens (including phenoxy) is 1. The monoisotopic (exact) mass is 339 g/mol. The number of nitrogens with zero attached hydrogens (tertiary/aromatic N) is 4. The van der Waals surface area contributed by atoms with Crippen LogP contribution >= 0.6 is 0 Å². The van der Waals surface area contributed by atoms with E-state index in [0.29, 0.717) is 12.5 Å². The van der Waals surface area contributed by atoms with Crippen molar-refractivity contribution >= 4 is 11.5 Å². The van der Waals surface area contributed by atoms with Gasteiger partial charge in [0, 0.05) is 5.56 Å². The van der Waals surface area contributed by atoms with Gasteiger partial charge in [0.25, 0.3) is 0 Å². The third-order valence-corrected chi connectivity index (χ3v) is 4.04. The summed E-state index contributed by atoms with van der Waals surface area (Å²) in [5.41, 5.74) is 1.90. The molecule has 0 aliphatic rings. The molecule has 2 aromatic heterocycles. The number of aryl methyl sites for hydroxylation is 1. The number of nitrogens with one attached hydrogen (secondary N) is 1. The number of benzene rings is 1. The van der Waals surface area contributed by atoms with Crippen molar-refractivity contribution in [2.24, 2.45) is 5.92 Å². The molecule has 0 fully saturated rings. The summed E-state index contributed by atoms with van der Waals surface area (Å²) in [5, 5.41) is 16.3. The average Bonchev–Trinajstić information content (AvgIpc) is 2.96. The van der Waals surface area contributed by atoms with Gasteiger partial charge in [0.05, 0.1) is 12.6 Å². The van der Waals surface area contributed by atoms with Crippen LogP contribution in [0.5, 0.6) is 5.75 Å². The Bertz CT molecular complexity index is 843. The zero-order valence-corrected chi connectivity index (χ0v) is 15.2. The molecule has 3 aromatic rings. The van der Waals surface area contributed by atoms with Crippen LogP contribution in [0.3, 0.4) is 0 Å². The standard InChI is InChI=1S/C19H25N5O/c1-5-25-17-9-7-6-8-15(17)16(12-13(2)3)20-18-10-11-19-22-21-14(4)24(19)23-18/h6-11,13,16H,5,12H2,1-4H3,(H,20,23). The van der Waals surface area contributed by atoms with E-state index in [1.165, 1.54) is 0 Å². The first-order chi connectivity index (χ1) is 12.1. The Morgan fingerprint density at radius 2 is 1.92 bits per heavy atom. The molecule has 1 unspecified atom stereocenters. The summed E-state index contributed by atoms with van der Waals surface area (Å²) >= 11 is 0. The molecule has 3 rings (SSSR count). The fourth-order valence-electron chi connectivity index (χ4n) is 2.94. The van der Waals surface area contributed by atoms with Gasteiger partial charge in [-0.25, -0.2) is 0 Å². The Kier molecular flexibility index (Phi) is 5.16. The summed E-state index contributed by atoms with van der Waals surface area (Å²) in [6.45, 7) is 8.99. The number of fused-ring (bicyclic) bond motifs is 1. The van der Waals surface area contributed by atoms with E-state index in [1.54, 1.807) is 4.52 Å². The van der Waals surface area contributed by atoms with Gasteiger partial charge in [0.15, 0.2) is 11.5 Å². The lowest BCUT2D eigenvalue weighted by Crippen LogP contribution is -2.16. The lowest BCUT2D eigenvalue weighted by molar-refractivity contribution is 0.333. The third kappa shape index (κ3) is 3.90. The topological polar surface area (TPSA) is 64.3 Å². The molecule has 132 valence electrons. The Morgan fingerprint density at radius 1 is 1.12 bits per heavy atom. The Hall–Kier alpha value is -2.63. The maximum Gasteiger partial charge on any atom is 0.178 e. The Labute approximate surface area is 148 Å². The predicted octanol–water partition coefficient (Wildman–Crippen LogP) is 4.03. The van der Waals surface area contributed by atoms with Crippen molar-refractivity contribution in [3.05, 3.63) is 47.8 Å². The molecule has 0 aliphatic carbocycles. The Balaban J connectivity index is 1.94. The maximum atomic E-state index is 5.83. The normalized spacial score (nSPS) is 12.5. The Morgan fingerprint density at radius 3 is 2.68 bits per heavy atom. The summed E-state index contributed by atoms with van der Waals surface area (Å²) in [7, 11) is 0. The molecular weight excluding hydrogens is 314 g/mol. The van der Waals surface area contributed by atoms with Crippen molar-refractivity contribution in [2.75, 3.05) is 11.9 Å². The van der Waals surface area contributed by atoms with E-state index in [4.69, 9.17) is 4.74 Å². The summed E-state index contributed by atoms with van der Waals surface area (Å²) in [6.07, 6.45) is 0.977. The van der Waals surface area contributed by atoms with E-state index >= 15 is 0 Å². The largest absolute Gasteiger partial charge is 0.494 e. The molecule has 6 heteroatoms. The summed E-state index contributed by atoms with van der Waals surface area (Å²) < 4.78 is 7.58. The number of hydrogen-bond donors (Lipinski definition) is 1. The summed E-state index contributed by atoms with van der Waals surface area (Å²) in [6, 6.07) is 12.2. The number of hydrogen-bond acceptors (Lipinski definition) is 5. The van der Waals surface area contributed by atoms with Crippen molar-refractivity contribution in [1.82, 2.24) is 19.8 Å². The molecule has 0 saturated carbocycles. The molecule has 6 nitrogen and oxygen atoms in total. The SMILES string of the molecule is CCOc1ccccc1C(CC(C)C)Nc1ccc2nnc(C)n2n1. The van der Waals surface area contributed by atoms with Crippen molar-refractivity contribution in [3.8, 4) is 5.75 Å². The van der Waals surface area contributed by atoms with Gasteiger partial charge in [-0.05, 0) is 44.4 Å². The van der Waals surface area contributed by atoms with Crippen LogP contribution < -0.4 is 10.1 Å². The van der Waals surface area contributed by atoms with Crippen LogP contribution in [0.15, 0.2) is 36.4 Å². The van der Waals surface area contributed by atoms with E-state index in [2.05, 4.69) is 40.5 Å². The predicted molar refractivity (Wildman–Crippen MR) is 98.9 cm³/mol. The van der Waals surface area contributed by atoms with Crippen LogP contribution in [0, 0.1) is 12.8 Å². The van der Waals surface area contributed by atoms with Crippen LogP contribution in [0.25, 0.3) is 5.65 Å². The van der Waals surface area contributed by atoms with E-state index in [0.717, 1.165) is 35.0 Å². The number of para-hydroxylation sites is 1. The molecule has 1 aromatic carbocycles. The van der Waals surface area contributed by atoms with E-state index < -0.39 is 0 Å². The minimum atomic E-state index is 0.115. The van der Waals surface area contributed by atoms with Gasteiger partial charge in [0.1, 0.15) is 11.6 Å². The van der Waals surface area contributed by atoms with Crippen LogP contribution in [-0.4, -0.2) is 26.4 Å². The highest BCUT2D eigenvalue weighted by atomic mass is 16.5. The van der Waals surface area contributed by atoms with Gasteiger partial charge in [0.2, 0.25) is 0 Å². The minimum Gasteiger partial charge on any atom is -0.494 e. The van der Waals surface area contributed by atoms with Gasteiger partial charge in [-0.1, -0.05) is 32.0 Å². The first-order valence-electron chi connectivity index (χ1n) is 8.75. The molecule has 0 aliphatic heterocycles. The van der Waals surface area contributed by atoms with Gasteiger partial charge >= 0.3 is 0 Å². The van der Waals surface area contributed by atoms with Gasteiger partial charge in [-0.15, -0.1) is 15.3 Å². The van der Waals surface area contributed by atoms with Crippen LogP contribution in [0.4, 0.5) is 5.82 Å². The van der Waals surface area contributed by atoms with Gasteiger partial charge in [-0.2, -0.15) is 4.52 Å². The smallest absolute Gasteiger partial charge is 0.178 e. The highest BCUT2D eigenvalue weighted by Crippen LogP contribution is 2.32. The second-order valence-electron chi connectivity index (χ2n) is 6.53. The number of aromatic nitrogens is 4. The van der Waals surface area contributed by atoms with Crippen molar-refractivity contribution in [2.45, 2.75) is 40.2 Å². The highest BCUT2D eigenvalue weighted by molar-refractivity contribution is 5.47. The molecular formula is C19H25N5O. The van der Waals surface area contributed by atoms with E-state index in [1.807, 2.05) is 44.2 Å². The molecule has 0 spiro atoms. The van der Waals surface area contributed by atoms with Crippen LogP contribution in [-0.2, 0) is 0 Å². The third-order valence-electron chi connectivity index (χ3n) is 4.04. The second-order valence-corrected chi connectivity index (χ2v) is 6.53. The molecule has 0 amide bonds. The molecule has 25 heavy (non-hydrogen) atoms. The fourth-order valence-corrected chi connectivity index (χ4v) is 2.94. The lowest BCUT2D eigenvalue weighted by atomic mass is 9.96. The highest BCUT2D eigenvalue weighted by Gasteiger charge is 2.18. The first-order valence-corrected chi connectivity index (χ1v) is 8.75. The fraction of sp³-hybridized carbons (Fsp3) is 0.421. The number of anilines is 1. The summed E-state index contributed by atoms with van der Waals surface area (Å²) in [5.74, 6) is 3.03. The average molecular weight is 339 g/mol. The van der Waals surface area contributed by atoms with Gasteiger partial charge < -0.3 is 10.1 Å². The molecule has 1 atom stereocenters. The zero-order chi connectivity index (χ0) is 17.8. The van der Waals surface area contributed by atoms with Crippen LogP contribution in [0.2, 0.25) is 0 Å². The first kappa shape index (κ1) is 17.2. The number of rotatable bonds is 7. The van der Waals surface area contributed by atoms with Crippen molar-refractivity contribution in [3.63, 3.8) is 0 Å². The molecule has 1 N–H and O–H groups in total. The van der Waals surface area contributed by atoms with Crippen LogP contribution in [0.1, 0.15) is 44.6 Å². The molecule has 2 heterocycles. The minimum absolute atomic E-state index is 0.115. The molecule has 0 saturated heterocycles. The second kappa shape index (κ2) is 7.51.